The van der Waals surface area contributed by atoms with Gasteiger partial charge in [0.05, 0.1) is 0 Å². The second-order valence-electron chi connectivity index (χ2n) is 1.47. The minimum Gasteiger partial charge on any atom is -0.362 e. The summed E-state index contributed by atoms with van der Waals surface area (Å²) in [5.41, 5.74) is 0. The van der Waals surface area contributed by atoms with Gasteiger partial charge in [-0.2, -0.15) is 0 Å². The third-order valence-electron chi connectivity index (χ3n) is 0.770. The third kappa shape index (κ3) is 1.65. The average molecular weight is 148 g/mol. The molecule has 0 atom stereocenters. The summed E-state index contributed by atoms with van der Waals surface area (Å²) in [4.78, 5) is 3.67. The molecule has 0 radical (unpaired) electrons. The van der Waals surface area contributed by atoms with Crippen molar-refractivity contribution in [2.45, 2.75) is 6.73 Å². The van der Waals surface area contributed by atoms with Crippen molar-refractivity contribution < 1.29 is 4.74 Å². The van der Waals surface area contributed by atoms with Gasteiger partial charge >= 0.3 is 0 Å². The van der Waals surface area contributed by atoms with Crippen LogP contribution in [0.1, 0.15) is 0 Å². The van der Waals surface area contributed by atoms with Gasteiger partial charge in [0.15, 0.2) is 0 Å². The zero-order valence-corrected chi connectivity index (χ0v) is 5.67. The van der Waals surface area contributed by atoms with Crippen LogP contribution in [-0.4, -0.2) is 21.9 Å². The monoisotopic (exact) mass is 147 g/mol. The molecule has 0 unspecified atom stereocenters. The molecule has 0 aliphatic carbocycles. The normalized spacial score (nSPS) is 10.0. The topological polar surface area (TPSA) is 39.9 Å². The molecule has 0 N–H and O–H groups in total. The van der Waals surface area contributed by atoms with Crippen LogP contribution in [0.15, 0.2) is 6.33 Å². The molecule has 1 heterocycles. The van der Waals surface area contributed by atoms with E-state index in [0.29, 0.717) is 6.73 Å². The van der Waals surface area contributed by atoms with Gasteiger partial charge in [0.25, 0.3) is 0 Å². The second-order valence-corrected chi connectivity index (χ2v) is 1.81. The molecule has 4 nitrogen and oxygen atoms in total. The Hall–Kier alpha value is -0.610. The molecular weight excluding hydrogens is 142 g/mol. The Bertz CT molecular complexity index is 188. The zero-order chi connectivity index (χ0) is 6.69. The Morgan fingerprint density at radius 2 is 2.67 bits per heavy atom. The first-order valence-electron chi connectivity index (χ1n) is 2.37. The van der Waals surface area contributed by atoms with Crippen LogP contribution in [0.25, 0.3) is 0 Å². The number of hydrogen-bond donors (Lipinski definition) is 0. The molecule has 0 aromatic carbocycles. The van der Waals surface area contributed by atoms with Gasteiger partial charge in [-0.15, -0.1) is 5.10 Å². The quantitative estimate of drug-likeness (QED) is 0.613. The highest BCUT2D eigenvalue weighted by Crippen LogP contribution is 1.95. The number of ether oxygens (including phenoxy) is 1. The van der Waals surface area contributed by atoms with Crippen LogP contribution in [0.3, 0.4) is 0 Å². The van der Waals surface area contributed by atoms with E-state index in [1.807, 2.05) is 0 Å². The summed E-state index contributed by atoms with van der Waals surface area (Å²) in [5.74, 6) is 0. The Morgan fingerprint density at radius 1 is 1.89 bits per heavy atom. The molecule has 0 amide bonds. The summed E-state index contributed by atoms with van der Waals surface area (Å²) in [7, 11) is 1.58. The van der Waals surface area contributed by atoms with E-state index in [9.17, 15) is 0 Å². The fraction of sp³-hybridized carbons (Fsp3) is 0.500. The maximum atomic E-state index is 5.40. The van der Waals surface area contributed by atoms with Gasteiger partial charge in [-0.05, 0) is 11.6 Å². The lowest BCUT2D eigenvalue weighted by molar-refractivity contribution is 0.120. The number of rotatable bonds is 2. The van der Waals surface area contributed by atoms with Crippen molar-refractivity contribution in [3.63, 3.8) is 0 Å². The molecule has 0 saturated carbocycles. The summed E-state index contributed by atoms with van der Waals surface area (Å²) >= 11 is 5.40. The smallest absolute Gasteiger partial charge is 0.242 e. The van der Waals surface area contributed by atoms with Crippen LogP contribution in [0, 0.1) is 0 Å². The zero-order valence-electron chi connectivity index (χ0n) is 4.91. The molecule has 0 fully saturated rings. The fourth-order valence-corrected chi connectivity index (χ4v) is 0.607. The van der Waals surface area contributed by atoms with Crippen LogP contribution in [0.2, 0.25) is 5.28 Å². The molecule has 1 rings (SSSR count). The van der Waals surface area contributed by atoms with Crippen molar-refractivity contribution in [1.82, 2.24) is 14.8 Å². The van der Waals surface area contributed by atoms with Gasteiger partial charge in [0.2, 0.25) is 5.28 Å². The molecule has 1 aromatic heterocycles. The number of halogens is 1. The first-order chi connectivity index (χ1) is 4.33. The Balaban J connectivity index is 2.61. The summed E-state index contributed by atoms with van der Waals surface area (Å²) in [6.45, 7) is 0.389. The SMILES string of the molecule is COCn1cnc(Cl)n1. The summed E-state index contributed by atoms with van der Waals surface area (Å²) in [6.07, 6.45) is 1.51. The molecule has 0 aliphatic heterocycles. The molecule has 0 bridgehead atoms. The molecule has 0 spiro atoms. The van der Waals surface area contributed by atoms with Crippen molar-refractivity contribution in [3.8, 4) is 0 Å². The number of aromatic nitrogens is 3. The van der Waals surface area contributed by atoms with Crippen LogP contribution in [0.4, 0.5) is 0 Å². The standard InChI is InChI=1S/C4H6ClN3O/c1-9-3-8-2-6-4(5)7-8/h2H,3H2,1H3. The number of nitrogens with zero attached hydrogens (tertiary/aromatic N) is 3. The molecular formula is C4H6ClN3O. The Labute approximate surface area is 57.4 Å². The molecule has 1 aromatic rings. The minimum atomic E-state index is 0.243. The highest BCUT2D eigenvalue weighted by molar-refractivity contribution is 6.28. The third-order valence-corrected chi connectivity index (χ3v) is 0.943. The second kappa shape index (κ2) is 2.80. The van der Waals surface area contributed by atoms with Crippen LogP contribution in [0.5, 0.6) is 0 Å². The fourth-order valence-electron chi connectivity index (χ4n) is 0.466. The van der Waals surface area contributed by atoms with Gasteiger partial charge in [-0.1, -0.05) is 0 Å². The maximum Gasteiger partial charge on any atom is 0.242 e. The molecule has 50 valence electrons. The van der Waals surface area contributed by atoms with Gasteiger partial charge in [-0.3, -0.25) is 0 Å². The number of methoxy groups -OCH3 is 1. The van der Waals surface area contributed by atoms with Crippen molar-refractivity contribution in [2.24, 2.45) is 0 Å². The van der Waals surface area contributed by atoms with Crippen molar-refractivity contribution in [3.05, 3.63) is 11.6 Å². The lowest BCUT2D eigenvalue weighted by atomic mass is 11.1. The molecule has 0 saturated heterocycles. The van der Waals surface area contributed by atoms with Gasteiger partial charge in [0.1, 0.15) is 13.1 Å². The van der Waals surface area contributed by atoms with Crippen molar-refractivity contribution in [1.29, 1.82) is 0 Å². The number of hydrogen-bond acceptors (Lipinski definition) is 3. The van der Waals surface area contributed by atoms with E-state index < -0.39 is 0 Å². The Morgan fingerprint density at radius 3 is 3.11 bits per heavy atom. The van der Waals surface area contributed by atoms with Crippen LogP contribution < -0.4 is 0 Å². The lowest BCUT2D eigenvalue weighted by Gasteiger charge is -1.93. The van der Waals surface area contributed by atoms with Crippen molar-refractivity contribution in [2.75, 3.05) is 7.11 Å². The molecule has 5 heteroatoms. The van der Waals surface area contributed by atoms with Gasteiger partial charge in [0, 0.05) is 7.11 Å². The summed E-state index contributed by atoms with van der Waals surface area (Å²) < 4.78 is 6.25. The molecule has 0 aliphatic rings. The lowest BCUT2D eigenvalue weighted by Crippen LogP contribution is -1.99. The summed E-state index contributed by atoms with van der Waals surface area (Å²) in [5, 5.41) is 3.99. The first kappa shape index (κ1) is 6.51. The van der Waals surface area contributed by atoms with E-state index in [-0.39, 0.29) is 5.28 Å². The average Bonchev–Trinajstić information content (AvgIpc) is 2.17. The van der Waals surface area contributed by atoms with E-state index >= 15 is 0 Å². The van der Waals surface area contributed by atoms with Crippen molar-refractivity contribution >= 4 is 11.6 Å². The predicted molar refractivity (Wildman–Crippen MR) is 32.0 cm³/mol. The largest absolute Gasteiger partial charge is 0.362 e. The highest BCUT2D eigenvalue weighted by atomic mass is 35.5. The Kier molecular flexibility index (Phi) is 2.02. The summed E-state index contributed by atoms with van der Waals surface area (Å²) in [6, 6.07) is 0. The van der Waals surface area contributed by atoms with Crippen LogP contribution in [-0.2, 0) is 11.5 Å². The van der Waals surface area contributed by atoms with E-state index in [1.165, 1.54) is 11.0 Å². The van der Waals surface area contributed by atoms with E-state index in [2.05, 4.69) is 10.1 Å². The molecule has 9 heavy (non-hydrogen) atoms. The minimum absolute atomic E-state index is 0.243. The van der Waals surface area contributed by atoms with E-state index in [1.54, 1.807) is 7.11 Å². The predicted octanol–water partition coefficient (Wildman–Crippen LogP) is 0.535. The maximum absolute atomic E-state index is 5.40. The van der Waals surface area contributed by atoms with E-state index in [0.717, 1.165) is 0 Å². The van der Waals surface area contributed by atoms with Crippen LogP contribution >= 0.6 is 11.6 Å². The van der Waals surface area contributed by atoms with E-state index in [4.69, 9.17) is 16.3 Å². The van der Waals surface area contributed by atoms with Gasteiger partial charge < -0.3 is 4.74 Å². The highest BCUT2D eigenvalue weighted by Gasteiger charge is 1.92. The van der Waals surface area contributed by atoms with Gasteiger partial charge in [-0.25, -0.2) is 9.67 Å². The first-order valence-corrected chi connectivity index (χ1v) is 2.74.